The zero-order valence-corrected chi connectivity index (χ0v) is 11.7. The van der Waals surface area contributed by atoms with Gasteiger partial charge >= 0.3 is 0 Å². The highest BCUT2D eigenvalue weighted by molar-refractivity contribution is 7.91. The second-order valence-electron chi connectivity index (χ2n) is 4.46. The number of sulfone groups is 1. The third-order valence-electron chi connectivity index (χ3n) is 2.97. The van der Waals surface area contributed by atoms with Crippen molar-refractivity contribution < 1.29 is 18.4 Å². The molecule has 7 heteroatoms. The molecule has 1 atom stereocenters. The lowest BCUT2D eigenvalue weighted by atomic mass is 10.1. The summed E-state index contributed by atoms with van der Waals surface area (Å²) in [5.41, 5.74) is 0.206. The van der Waals surface area contributed by atoms with Crippen LogP contribution in [-0.2, 0) is 9.84 Å². The first-order valence-corrected chi connectivity index (χ1v) is 7.75. The van der Waals surface area contributed by atoms with E-state index in [1.54, 1.807) is 18.2 Å². The number of aliphatic hydroxyl groups excluding tert-OH is 1. The van der Waals surface area contributed by atoms with E-state index in [0.29, 0.717) is 5.56 Å². The van der Waals surface area contributed by atoms with E-state index in [2.05, 4.69) is 0 Å². The fraction of sp³-hybridized carbons (Fsp3) is 0.143. The fourth-order valence-corrected chi connectivity index (χ4v) is 3.22. The van der Waals surface area contributed by atoms with Gasteiger partial charge in [0.2, 0.25) is 0 Å². The van der Waals surface area contributed by atoms with Gasteiger partial charge in [-0.25, -0.2) is 8.42 Å². The molecule has 0 radical (unpaired) electrons. The SMILES string of the molecule is O=[N+]([O-])c1ccc([C@H](O)CS(=O)(=O)c2ccccc2)cc1. The molecule has 0 saturated heterocycles. The minimum absolute atomic E-state index is 0.114. The summed E-state index contributed by atoms with van der Waals surface area (Å²) >= 11 is 0. The molecule has 0 aliphatic heterocycles. The Morgan fingerprint density at radius 2 is 1.62 bits per heavy atom. The average Bonchev–Trinajstić information content (AvgIpc) is 2.48. The molecular weight excluding hydrogens is 294 g/mol. The number of nitro groups is 1. The van der Waals surface area contributed by atoms with Crippen LogP contribution >= 0.6 is 0 Å². The van der Waals surface area contributed by atoms with Gasteiger partial charge in [-0.05, 0) is 29.8 Å². The molecule has 6 nitrogen and oxygen atoms in total. The van der Waals surface area contributed by atoms with Gasteiger partial charge in [0.15, 0.2) is 9.84 Å². The summed E-state index contributed by atoms with van der Waals surface area (Å²) in [6, 6.07) is 13.0. The van der Waals surface area contributed by atoms with Crippen LogP contribution < -0.4 is 0 Å². The normalized spacial score (nSPS) is 12.8. The molecule has 0 spiro atoms. The fourth-order valence-electron chi connectivity index (χ4n) is 1.85. The third-order valence-corrected chi connectivity index (χ3v) is 4.71. The van der Waals surface area contributed by atoms with Gasteiger partial charge in [0.1, 0.15) is 0 Å². The predicted octanol–water partition coefficient (Wildman–Crippen LogP) is 2.10. The highest BCUT2D eigenvalue weighted by atomic mass is 32.2. The van der Waals surface area contributed by atoms with E-state index < -0.39 is 26.6 Å². The average molecular weight is 307 g/mol. The lowest BCUT2D eigenvalue weighted by Gasteiger charge is -2.11. The summed E-state index contributed by atoms with van der Waals surface area (Å²) in [5.74, 6) is -0.477. The second-order valence-corrected chi connectivity index (χ2v) is 6.49. The maximum Gasteiger partial charge on any atom is 0.269 e. The molecule has 0 fully saturated rings. The standard InChI is InChI=1S/C14H13NO5S/c16-14(11-6-8-12(9-7-11)15(17)18)10-21(19,20)13-4-2-1-3-5-13/h1-9,14,16H,10H2/t14-/m1/s1. The molecule has 0 unspecified atom stereocenters. The monoisotopic (exact) mass is 307 g/mol. The lowest BCUT2D eigenvalue weighted by Crippen LogP contribution is -2.14. The van der Waals surface area contributed by atoms with Crippen LogP contribution in [0.5, 0.6) is 0 Å². The molecule has 21 heavy (non-hydrogen) atoms. The Morgan fingerprint density at radius 1 is 1.05 bits per heavy atom. The van der Waals surface area contributed by atoms with Crippen molar-refractivity contribution in [3.8, 4) is 0 Å². The quantitative estimate of drug-likeness (QED) is 0.674. The molecule has 1 N–H and O–H groups in total. The van der Waals surface area contributed by atoms with Crippen molar-refractivity contribution in [2.45, 2.75) is 11.0 Å². The van der Waals surface area contributed by atoms with E-state index in [9.17, 15) is 23.6 Å². The van der Waals surface area contributed by atoms with Crippen molar-refractivity contribution in [1.29, 1.82) is 0 Å². The molecule has 0 amide bonds. The first-order valence-electron chi connectivity index (χ1n) is 6.10. The van der Waals surface area contributed by atoms with Crippen LogP contribution in [0, 0.1) is 10.1 Å². The van der Waals surface area contributed by atoms with Crippen molar-refractivity contribution in [2.24, 2.45) is 0 Å². The molecule has 2 aromatic rings. The Hall–Kier alpha value is -2.25. The Labute approximate surface area is 121 Å². The molecule has 0 aliphatic rings. The largest absolute Gasteiger partial charge is 0.387 e. The summed E-state index contributed by atoms with van der Waals surface area (Å²) in [7, 11) is -3.62. The zero-order chi connectivity index (χ0) is 15.5. The molecule has 0 aromatic heterocycles. The highest BCUT2D eigenvalue weighted by Crippen LogP contribution is 2.21. The van der Waals surface area contributed by atoms with Crippen LogP contribution in [0.3, 0.4) is 0 Å². The highest BCUT2D eigenvalue weighted by Gasteiger charge is 2.21. The van der Waals surface area contributed by atoms with Gasteiger partial charge in [-0.3, -0.25) is 10.1 Å². The summed E-state index contributed by atoms with van der Waals surface area (Å²) in [5, 5.41) is 20.5. The maximum atomic E-state index is 12.1. The molecule has 0 saturated carbocycles. The van der Waals surface area contributed by atoms with Crippen LogP contribution in [0.1, 0.15) is 11.7 Å². The second kappa shape index (κ2) is 6.02. The molecular formula is C14H13NO5S. The number of benzene rings is 2. The van der Waals surface area contributed by atoms with E-state index in [0.717, 1.165) is 0 Å². The minimum Gasteiger partial charge on any atom is -0.387 e. The smallest absolute Gasteiger partial charge is 0.269 e. The topological polar surface area (TPSA) is 97.5 Å². The van der Waals surface area contributed by atoms with Gasteiger partial charge in [-0.2, -0.15) is 0 Å². The van der Waals surface area contributed by atoms with Crippen molar-refractivity contribution in [2.75, 3.05) is 5.75 Å². The molecule has 0 heterocycles. The number of hydrogen-bond acceptors (Lipinski definition) is 5. The van der Waals surface area contributed by atoms with Crippen molar-refractivity contribution >= 4 is 15.5 Å². The summed E-state index contributed by atoms with van der Waals surface area (Å²) < 4.78 is 24.2. The van der Waals surface area contributed by atoms with Crippen LogP contribution in [0.2, 0.25) is 0 Å². The van der Waals surface area contributed by atoms with Crippen LogP contribution in [-0.4, -0.2) is 24.2 Å². The Bertz CT molecular complexity index is 726. The Morgan fingerprint density at radius 3 is 2.14 bits per heavy atom. The number of aliphatic hydroxyl groups is 1. The van der Waals surface area contributed by atoms with E-state index in [4.69, 9.17) is 0 Å². The predicted molar refractivity (Wildman–Crippen MR) is 76.6 cm³/mol. The third kappa shape index (κ3) is 3.65. The van der Waals surface area contributed by atoms with Crippen LogP contribution in [0.25, 0.3) is 0 Å². The van der Waals surface area contributed by atoms with E-state index in [1.807, 2.05) is 0 Å². The number of rotatable bonds is 5. The number of hydrogen-bond donors (Lipinski definition) is 1. The first kappa shape index (κ1) is 15.1. The van der Waals surface area contributed by atoms with Crippen LogP contribution in [0.15, 0.2) is 59.5 Å². The van der Waals surface area contributed by atoms with E-state index >= 15 is 0 Å². The molecule has 0 bridgehead atoms. The van der Waals surface area contributed by atoms with Crippen molar-refractivity contribution in [1.82, 2.24) is 0 Å². The van der Waals surface area contributed by atoms with Gasteiger partial charge in [0, 0.05) is 12.1 Å². The molecule has 2 aromatic carbocycles. The zero-order valence-electron chi connectivity index (χ0n) is 10.9. The van der Waals surface area contributed by atoms with Gasteiger partial charge in [-0.1, -0.05) is 18.2 Å². The molecule has 2 rings (SSSR count). The van der Waals surface area contributed by atoms with E-state index in [-0.39, 0.29) is 10.6 Å². The van der Waals surface area contributed by atoms with Gasteiger partial charge in [0.25, 0.3) is 5.69 Å². The number of nitrogens with zero attached hydrogens (tertiary/aromatic N) is 1. The first-order chi connectivity index (χ1) is 9.90. The maximum absolute atomic E-state index is 12.1. The van der Waals surface area contributed by atoms with Gasteiger partial charge in [-0.15, -0.1) is 0 Å². The Balaban J connectivity index is 2.18. The lowest BCUT2D eigenvalue weighted by molar-refractivity contribution is -0.384. The van der Waals surface area contributed by atoms with E-state index in [1.165, 1.54) is 36.4 Å². The number of non-ortho nitro benzene ring substituents is 1. The summed E-state index contributed by atoms with van der Waals surface area (Å²) in [6.45, 7) is 0. The number of nitro benzene ring substituents is 1. The van der Waals surface area contributed by atoms with Gasteiger partial charge in [0.05, 0.1) is 21.7 Å². The van der Waals surface area contributed by atoms with Crippen molar-refractivity contribution in [3.05, 3.63) is 70.3 Å². The minimum atomic E-state index is -3.62. The Kier molecular flexibility index (Phi) is 4.35. The summed E-state index contributed by atoms with van der Waals surface area (Å²) in [6.07, 6.45) is -1.24. The summed E-state index contributed by atoms with van der Waals surface area (Å²) in [4.78, 5) is 10.1. The van der Waals surface area contributed by atoms with Crippen LogP contribution in [0.4, 0.5) is 5.69 Å². The molecule has 0 aliphatic carbocycles. The van der Waals surface area contributed by atoms with Crippen molar-refractivity contribution in [3.63, 3.8) is 0 Å². The molecule has 110 valence electrons. The van der Waals surface area contributed by atoms with Gasteiger partial charge < -0.3 is 5.11 Å².